The molecule has 3 rings (SSSR count). The van der Waals surface area contributed by atoms with Crippen molar-refractivity contribution >= 4 is 35.1 Å². The fourth-order valence-electron chi connectivity index (χ4n) is 2.33. The summed E-state index contributed by atoms with van der Waals surface area (Å²) < 4.78 is 7.55. The Morgan fingerprint density at radius 2 is 1.85 bits per heavy atom. The second kappa shape index (κ2) is 9.48. The number of amides is 1. The van der Waals surface area contributed by atoms with Gasteiger partial charge in [-0.2, -0.15) is 0 Å². The maximum atomic E-state index is 12.3. The van der Waals surface area contributed by atoms with Crippen molar-refractivity contribution in [3.8, 4) is 5.75 Å². The van der Waals surface area contributed by atoms with Crippen molar-refractivity contribution in [3.05, 3.63) is 60.4 Å². The molecule has 8 heteroatoms. The first-order chi connectivity index (χ1) is 13.2. The van der Waals surface area contributed by atoms with Gasteiger partial charge in [-0.15, -0.1) is 22.0 Å². The minimum Gasteiger partial charge on any atom is -0.486 e. The van der Waals surface area contributed by atoms with E-state index in [2.05, 4.69) is 15.5 Å². The van der Waals surface area contributed by atoms with Gasteiger partial charge < -0.3 is 14.6 Å². The van der Waals surface area contributed by atoms with Gasteiger partial charge in [-0.1, -0.05) is 42.1 Å². The molecule has 27 heavy (non-hydrogen) atoms. The second-order valence-electron chi connectivity index (χ2n) is 5.60. The van der Waals surface area contributed by atoms with Gasteiger partial charge in [0.2, 0.25) is 5.91 Å². The first-order valence-corrected chi connectivity index (χ1v) is 10.5. The number of hydrogen-bond acceptors (Lipinski definition) is 6. The summed E-state index contributed by atoms with van der Waals surface area (Å²) in [4.78, 5) is 13.3. The topological polar surface area (TPSA) is 69.0 Å². The molecule has 1 heterocycles. The molecule has 3 aromatic rings. The van der Waals surface area contributed by atoms with E-state index in [0.29, 0.717) is 17.6 Å². The summed E-state index contributed by atoms with van der Waals surface area (Å²) in [6.45, 7) is 0.321. The van der Waals surface area contributed by atoms with Crippen LogP contribution in [0.3, 0.4) is 0 Å². The zero-order valence-corrected chi connectivity index (χ0v) is 16.7. The van der Waals surface area contributed by atoms with Crippen LogP contribution >= 0.6 is 23.5 Å². The normalized spacial score (nSPS) is 10.6. The summed E-state index contributed by atoms with van der Waals surface area (Å²) in [5.41, 5.74) is 0.825. The lowest BCUT2D eigenvalue weighted by molar-refractivity contribution is -0.113. The van der Waals surface area contributed by atoms with Gasteiger partial charge in [-0.25, -0.2) is 0 Å². The number of nitrogens with zero attached hydrogens (tertiary/aromatic N) is 3. The molecule has 0 aliphatic carbocycles. The van der Waals surface area contributed by atoms with Crippen molar-refractivity contribution in [3.63, 3.8) is 0 Å². The smallest absolute Gasteiger partial charge is 0.234 e. The van der Waals surface area contributed by atoms with E-state index in [1.807, 2.05) is 72.5 Å². The van der Waals surface area contributed by atoms with Crippen LogP contribution in [0.15, 0.2) is 64.6 Å². The average molecular weight is 401 g/mol. The van der Waals surface area contributed by atoms with E-state index in [1.165, 1.54) is 11.8 Å². The van der Waals surface area contributed by atoms with Crippen LogP contribution in [0.2, 0.25) is 0 Å². The molecule has 140 valence electrons. The number of rotatable bonds is 8. The number of ether oxygens (including phenoxy) is 1. The lowest BCUT2D eigenvalue weighted by Gasteiger charge is -2.09. The number of carbonyl (C=O) groups excluding carboxylic acids is 1. The van der Waals surface area contributed by atoms with Crippen LogP contribution in [0.5, 0.6) is 5.75 Å². The molecule has 1 aromatic heterocycles. The van der Waals surface area contributed by atoms with Gasteiger partial charge in [-0.05, 0) is 30.5 Å². The molecule has 1 amide bonds. The monoisotopic (exact) mass is 400 g/mol. The molecule has 0 aliphatic rings. The largest absolute Gasteiger partial charge is 0.486 e. The highest BCUT2D eigenvalue weighted by Crippen LogP contribution is 2.25. The van der Waals surface area contributed by atoms with E-state index >= 15 is 0 Å². The molecule has 0 spiro atoms. The minimum atomic E-state index is -0.0772. The molecule has 0 fully saturated rings. The first-order valence-electron chi connectivity index (χ1n) is 8.29. The van der Waals surface area contributed by atoms with Crippen molar-refractivity contribution in [2.45, 2.75) is 16.7 Å². The number of nitrogens with one attached hydrogen (secondary N) is 1. The number of aromatic nitrogens is 3. The van der Waals surface area contributed by atoms with Crippen molar-refractivity contribution < 1.29 is 9.53 Å². The van der Waals surface area contributed by atoms with Crippen LogP contribution in [-0.4, -0.2) is 32.7 Å². The van der Waals surface area contributed by atoms with Gasteiger partial charge in [0.1, 0.15) is 12.4 Å². The Balaban J connectivity index is 1.54. The lowest BCUT2D eigenvalue weighted by atomic mass is 10.3. The van der Waals surface area contributed by atoms with Crippen LogP contribution in [-0.2, 0) is 18.4 Å². The fourth-order valence-corrected chi connectivity index (χ4v) is 3.61. The lowest BCUT2D eigenvalue weighted by Crippen LogP contribution is -2.15. The highest BCUT2D eigenvalue weighted by Gasteiger charge is 2.13. The molecular formula is C19H20N4O2S2. The number of thioether (sulfide) groups is 2. The molecule has 0 radical (unpaired) electrons. The predicted octanol–water partition coefficient (Wildman–Crippen LogP) is 3.85. The maximum Gasteiger partial charge on any atom is 0.234 e. The standard InChI is InChI=1S/C19H20N4O2S2/c1-23-17(12-25-14-8-4-3-5-9-14)21-22-19(23)27-13-18(24)20-15-10-6-7-11-16(15)26-2/h3-11H,12-13H2,1-2H3,(H,20,24). The maximum absolute atomic E-state index is 12.3. The number of hydrogen-bond donors (Lipinski definition) is 1. The van der Waals surface area contributed by atoms with Crippen LogP contribution in [0.1, 0.15) is 5.82 Å². The Kier molecular flexibility index (Phi) is 6.78. The van der Waals surface area contributed by atoms with Crippen molar-refractivity contribution in [2.75, 3.05) is 17.3 Å². The highest BCUT2D eigenvalue weighted by molar-refractivity contribution is 7.99. The van der Waals surface area contributed by atoms with Gasteiger partial charge >= 0.3 is 0 Å². The van der Waals surface area contributed by atoms with E-state index < -0.39 is 0 Å². The predicted molar refractivity (Wildman–Crippen MR) is 109 cm³/mol. The van der Waals surface area contributed by atoms with Gasteiger partial charge in [0, 0.05) is 11.9 Å². The van der Waals surface area contributed by atoms with Crippen LogP contribution < -0.4 is 10.1 Å². The van der Waals surface area contributed by atoms with Crippen LogP contribution in [0.4, 0.5) is 5.69 Å². The Hall–Kier alpha value is -2.45. The molecule has 1 N–H and O–H groups in total. The van der Waals surface area contributed by atoms with Gasteiger partial charge in [0.05, 0.1) is 11.4 Å². The quantitative estimate of drug-likeness (QED) is 0.579. The van der Waals surface area contributed by atoms with Crippen molar-refractivity contribution in [1.29, 1.82) is 0 Å². The highest BCUT2D eigenvalue weighted by atomic mass is 32.2. The Morgan fingerprint density at radius 3 is 2.63 bits per heavy atom. The molecule has 0 unspecified atom stereocenters. The summed E-state index contributed by atoms with van der Waals surface area (Å²) in [5, 5.41) is 11.9. The van der Waals surface area contributed by atoms with Gasteiger partial charge in [0.15, 0.2) is 11.0 Å². The molecule has 0 saturated carbocycles. The van der Waals surface area contributed by atoms with Crippen molar-refractivity contribution in [2.24, 2.45) is 7.05 Å². The molecule has 0 aliphatic heterocycles. The molecule has 0 saturated heterocycles. The number of para-hydroxylation sites is 2. The molecule has 0 bridgehead atoms. The third kappa shape index (κ3) is 5.27. The molecule has 0 atom stereocenters. The molecule has 6 nitrogen and oxygen atoms in total. The second-order valence-corrected chi connectivity index (χ2v) is 7.39. The number of benzene rings is 2. The first kappa shape index (κ1) is 19.3. The summed E-state index contributed by atoms with van der Waals surface area (Å²) in [6.07, 6.45) is 1.98. The van der Waals surface area contributed by atoms with Crippen LogP contribution in [0.25, 0.3) is 0 Å². The van der Waals surface area contributed by atoms with E-state index in [9.17, 15) is 4.79 Å². The fraction of sp³-hybridized carbons (Fsp3) is 0.211. The summed E-state index contributed by atoms with van der Waals surface area (Å²) in [6, 6.07) is 17.3. The van der Waals surface area contributed by atoms with Crippen molar-refractivity contribution in [1.82, 2.24) is 14.8 Å². The van der Waals surface area contributed by atoms with Gasteiger partial charge in [-0.3, -0.25) is 4.79 Å². The van der Waals surface area contributed by atoms with E-state index in [1.54, 1.807) is 11.8 Å². The van der Waals surface area contributed by atoms with E-state index in [0.717, 1.165) is 16.3 Å². The van der Waals surface area contributed by atoms with E-state index in [4.69, 9.17) is 4.74 Å². The van der Waals surface area contributed by atoms with Crippen LogP contribution in [0, 0.1) is 0 Å². The third-order valence-corrected chi connectivity index (χ3v) is 5.57. The zero-order chi connectivity index (χ0) is 19.1. The Labute approximate surface area is 166 Å². The Bertz CT molecular complexity index is 900. The number of carbonyl (C=O) groups is 1. The summed E-state index contributed by atoms with van der Waals surface area (Å²) in [7, 11) is 1.87. The average Bonchev–Trinajstić information content (AvgIpc) is 3.05. The third-order valence-electron chi connectivity index (χ3n) is 3.75. The Morgan fingerprint density at radius 1 is 1.11 bits per heavy atom. The van der Waals surface area contributed by atoms with Gasteiger partial charge in [0.25, 0.3) is 0 Å². The summed E-state index contributed by atoms with van der Waals surface area (Å²) >= 11 is 2.94. The zero-order valence-electron chi connectivity index (χ0n) is 15.1. The van der Waals surface area contributed by atoms with E-state index in [-0.39, 0.29) is 11.7 Å². The molecule has 2 aromatic carbocycles. The SMILES string of the molecule is CSc1ccccc1NC(=O)CSc1nnc(COc2ccccc2)n1C. The minimum absolute atomic E-state index is 0.0772. The number of anilines is 1. The summed E-state index contributed by atoms with van der Waals surface area (Å²) in [5.74, 6) is 1.66. The molecular weight excluding hydrogens is 380 g/mol.